The fourth-order valence-electron chi connectivity index (χ4n) is 4.98. The maximum absolute atomic E-state index is 15.6. The third-order valence-corrected chi connectivity index (χ3v) is 8.84. The summed E-state index contributed by atoms with van der Waals surface area (Å²) >= 11 is 0. The molecule has 5 aromatic rings. The highest BCUT2D eigenvalue weighted by Crippen LogP contribution is 2.35. The second-order valence-electron chi connectivity index (χ2n) is 10.1. The van der Waals surface area contributed by atoms with Crippen LogP contribution in [0.3, 0.4) is 0 Å². The molecule has 0 radical (unpaired) electrons. The van der Waals surface area contributed by atoms with Gasteiger partial charge in [0, 0.05) is 34.8 Å². The molecular formula is C33H33FN3O4S+. The Balaban J connectivity index is 1.62. The van der Waals surface area contributed by atoms with Crippen LogP contribution in [0.1, 0.15) is 29.2 Å². The number of nitrogens with one attached hydrogen (secondary N) is 1. The van der Waals surface area contributed by atoms with Gasteiger partial charge in [0.2, 0.25) is 5.91 Å². The number of likely N-dealkylation sites (N-methyl/N-ethyl adjacent to an activating group) is 1. The van der Waals surface area contributed by atoms with Gasteiger partial charge in [-0.15, -0.1) is 0 Å². The van der Waals surface area contributed by atoms with Crippen molar-refractivity contribution in [2.75, 3.05) is 6.54 Å². The molecule has 0 unspecified atom stereocenters. The third-order valence-electron chi connectivity index (χ3n) is 7.14. The van der Waals surface area contributed by atoms with Crippen LogP contribution in [0.2, 0.25) is 0 Å². The number of fused-ring (bicyclic) bond motifs is 1. The fraction of sp³-hybridized carbons (Fsp3) is 0.182. The first-order chi connectivity index (χ1) is 20.2. The molecule has 0 saturated carbocycles. The molecule has 42 heavy (non-hydrogen) atoms. The molecule has 1 heterocycles. The first-order valence-electron chi connectivity index (χ1n) is 13.7. The third kappa shape index (κ3) is 5.79. The van der Waals surface area contributed by atoms with Crippen LogP contribution in [0.4, 0.5) is 4.39 Å². The first kappa shape index (κ1) is 29.0. The van der Waals surface area contributed by atoms with Crippen LogP contribution in [0, 0.1) is 12.7 Å². The lowest BCUT2D eigenvalue weighted by atomic mass is 9.97. The van der Waals surface area contributed by atoms with E-state index in [2.05, 4.69) is 11.1 Å². The predicted octanol–water partition coefficient (Wildman–Crippen LogP) is 4.99. The Labute approximate surface area is 244 Å². The van der Waals surface area contributed by atoms with E-state index in [-0.39, 0.29) is 30.4 Å². The minimum absolute atomic E-state index is 0.0712. The summed E-state index contributed by atoms with van der Waals surface area (Å²) < 4.78 is 50.5. The second kappa shape index (κ2) is 12.2. The number of rotatable bonds is 10. The van der Waals surface area contributed by atoms with Crippen LogP contribution < -0.4 is 15.8 Å². The number of hydrogen-bond donors (Lipinski definition) is 2. The number of ether oxygens (including phenoxy) is 1. The largest absolute Gasteiger partial charge is 0.489 e. The Hall–Kier alpha value is -4.47. The Morgan fingerprint density at radius 3 is 2.43 bits per heavy atom. The van der Waals surface area contributed by atoms with Crippen molar-refractivity contribution < 1.29 is 28.1 Å². The molecule has 0 saturated heterocycles. The van der Waals surface area contributed by atoms with Crippen LogP contribution in [0.25, 0.3) is 22.0 Å². The van der Waals surface area contributed by atoms with Gasteiger partial charge in [-0.05, 0) is 61.4 Å². The van der Waals surface area contributed by atoms with Crippen molar-refractivity contribution in [2.24, 2.45) is 0 Å². The van der Waals surface area contributed by atoms with Crippen LogP contribution in [-0.4, -0.2) is 24.8 Å². The van der Waals surface area contributed by atoms with E-state index >= 15 is 4.39 Å². The molecule has 0 aliphatic heterocycles. The monoisotopic (exact) mass is 586 g/mol. The molecule has 4 aromatic carbocycles. The molecule has 216 valence electrons. The minimum atomic E-state index is -3.94. The maximum Gasteiger partial charge on any atom is 0.268 e. The van der Waals surface area contributed by atoms with Crippen molar-refractivity contribution in [3.63, 3.8) is 0 Å². The summed E-state index contributed by atoms with van der Waals surface area (Å²) in [5.74, 6) is 0.0313. The van der Waals surface area contributed by atoms with E-state index in [1.807, 2.05) is 38.1 Å². The van der Waals surface area contributed by atoms with Gasteiger partial charge in [0.1, 0.15) is 24.7 Å². The molecule has 0 bridgehead atoms. The van der Waals surface area contributed by atoms with E-state index in [4.69, 9.17) is 4.74 Å². The fourth-order valence-corrected chi connectivity index (χ4v) is 6.32. The van der Waals surface area contributed by atoms with Gasteiger partial charge in [-0.1, -0.05) is 54.1 Å². The molecule has 0 fully saturated rings. The zero-order valence-corrected chi connectivity index (χ0v) is 24.4. The topological polar surface area (TPSA) is 105 Å². The number of benzene rings is 4. The van der Waals surface area contributed by atoms with Gasteiger partial charge >= 0.3 is 0 Å². The Morgan fingerprint density at radius 1 is 0.952 bits per heavy atom. The first-order valence-corrected chi connectivity index (χ1v) is 15.2. The van der Waals surface area contributed by atoms with Gasteiger partial charge in [-0.25, -0.2) is 16.8 Å². The van der Waals surface area contributed by atoms with Crippen LogP contribution in [0.15, 0.2) is 96.0 Å². The SMILES string of the molecule is CCNC(=O)Cc1ccccc1OCc1cc(-c2cccc(C[NH3+])c2F)c2ccn(S(=O)(=O)c3ccc(C)cc3)c2c1. The van der Waals surface area contributed by atoms with Crippen LogP contribution in [0.5, 0.6) is 5.75 Å². The van der Waals surface area contributed by atoms with Crippen molar-refractivity contribution in [2.45, 2.75) is 38.3 Å². The van der Waals surface area contributed by atoms with E-state index in [0.29, 0.717) is 45.5 Å². The number of nitrogens with zero attached hydrogens (tertiary/aromatic N) is 1. The van der Waals surface area contributed by atoms with Crippen molar-refractivity contribution in [3.8, 4) is 16.9 Å². The Kier molecular flexibility index (Phi) is 8.42. The van der Waals surface area contributed by atoms with E-state index in [9.17, 15) is 13.2 Å². The lowest BCUT2D eigenvalue weighted by Crippen LogP contribution is -2.47. The highest BCUT2D eigenvalue weighted by atomic mass is 32.2. The number of quaternary nitrogens is 1. The van der Waals surface area contributed by atoms with E-state index < -0.39 is 15.8 Å². The number of aryl methyl sites for hydroxylation is 1. The number of carbonyl (C=O) groups excluding carboxylic acids is 1. The highest BCUT2D eigenvalue weighted by molar-refractivity contribution is 7.90. The summed E-state index contributed by atoms with van der Waals surface area (Å²) in [7, 11) is -3.94. The zero-order chi connectivity index (χ0) is 29.9. The van der Waals surface area contributed by atoms with Crippen molar-refractivity contribution in [3.05, 3.63) is 119 Å². The molecule has 4 N–H and O–H groups in total. The summed E-state index contributed by atoms with van der Waals surface area (Å²) in [6, 6.07) is 24.3. The van der Waals surface area contributed by atoms with Gasteiger partial charge in [-0.3, -0.25) is 4.79 Å². The van der Waals surface area contributed by atoms with Crippen molar-refractivity contribution >= 4 is 26.8 Å². The van der Waals surface area contributed by atoms with E-state index in [0.717, 1.165) is 11.1 Å². The molecule has 0 aliphatic carbocycles. The van der Waals surface area contributed by atoms with Gasteiger partial charge in [0.25, 0.3) is 10.0 Å². The number of carbonyl (C=O) groups is 1. The minimum Gasteiger partial charge on any atom is -0.489 e. The number of halogens is 1. The molecule has 9 heteroatoms. The summed E-state index contributed by atoms with van der Waals surface area (Å²) in [4.78, 5) is 12.4. The smallest absolute Gasteiger partial charge is 0.268 e. The quantitative estimate of drug-likeness (QED) is 0.241. The lowest BCUT2D eigenvalue weighted by Gasteiger charge is -2.15. The predicted molar refractivity (Wildman–Crippen MR) is 161 cm³/mol. The van der Waals surface area contributed by atoms with E-state index in [1.54, 1.807) is 60.7 Å². The molecule has 0 spiro atoms. The standard InChI is InChI=1S/C33H32FN3O4S/c1-3-36-32(38)19-24-7-4-5-10-31(24)41-21-23-17-29(28-9-6-8-25(20-35)33(28)34)27-15-16-37(30(27)18-23)42(39,40)26-13-11-22(2)12-14-26/h4-18H,3,19-21,35H2,1-2H3,(H,36,38)/p+1. The molecule has 5 rings (SSSR count). The molecular weight excluding hydrogens is 553 g/mol. The molecule has 0 atom stereocenters. The molecule has 7 nitrogen and oxygen atoms in total. The summed E-state index contributed by atoms with van der Waals surface area (Å²) in [6.45, 7) is 4.63. The molecule has 1 aromatic heterocycles. The number of aromatic nitrogens is 1. The summed E-state index contributed by atoms with van der Waals surface area (Å²) in [5.41, 5.74) is 7.92. The van der Waals surface area contributed by atoms with E-state index in [1.165, 1.54) is 10.2 Å². The highest BCUT2D eigenvalue weighted by Gasteiger charge is 2.22. The van der Waals surface area contributed by atoms with Crippen LogP contribution >= 0.6 is 0 Å². The average Bonchev–Trinajstić information content (AvgIpc) is 3.42. The van der Waals surface area contributed by atoms with Gasteiger partial charge in [0.15, 0.2) is 0 Å². The number of amides is 1. The second-order valence-corrected chi connectivity index (χ2v) is 11.9. The summed E-state index contributed by atoms with van der Waals surface area (Å²) in [6.07, 6.45) is 1.66. The van der Waals surface area contributed by atoms with Gasteiger partial charge in [-0.2, -0.15) is 0 Å². The summed E-state index contributed by atoms with van der Waals surface area (Å²) in [5, 5.41) is 3.38. The number of hydrogen-bond acceptors (Lipinski definition) is 4. The zero-order valence-electron chi connectivity index (χ0n) is 23.6. The molecule has 1 amide bonds. The molecule has 0 aliphatic rings. The van der Waals surface area contributed by atoms with Gasteiger partial charge < -0.3 is 15.8 Å². The maximum atomic E-state index is 15.6. The lowest BCUT2D eigenvalue weighted by molar-refractivity contribution is -0.386. The van der Waals surface area contributed by atoms with Gasteiger partial charge in [0.05, 0.1) is 16.8 Å². The number of para-hydroxylation sites is 1. The Morgan fingerprint density at radius 2 is 1.69 bits per heavy atom. The van der Waals surface area contributed by atoms with Crippen molar-refractivity contribution in [1.29, 1.82) is 0 Å². The van der Waals surface area contributed by atoms with Crippen molar-refractivity contribution in [1.82, 2.24) is 9.29 Å². The average molecular weight is 587 g/mol. The normalized spacial score (nSPS) is 11.5. The van der Waals surface area contributed by atoms with Crippen LogP contribution in [-0.2, 0) is 34.4 Å². The Bertz CT molecular complexity index is 1860.